The summed E-state index contributed by atoms with van der Waals surface area (Å²) >= 11 is 0. The number of furan rings is 1. The van der Waals surface area contributed by atoms with E-state index in [9.17, 15) is 4.79 Å². The highest BCUT2D eigenvalue weighted by molar-refractivity contribution is 5.76. The van der Waals surface area contributed by atoms with Crippen molar-refractivity contribution in [2.24, 2.45) is 5.73 Å². The van der Waals surface area contributed by atoms with Gasteiger partial charge < -0.3 is 15.1 Å². The van der Waals surface area contributed by atoms with Gasteiger partial charge in [0.1, 0.15) is 5.76 Å². The SMILES string of the molecule is CCN(CCCN)C(=O)CCc1ccco1. The monoisotopic (exact) mass is 224 g/mol. The third-order valence-corrected chi connectivity index (χ3v) is 2.53. The molecule has 4 heteroatoms. The van der Waals surface area contributed by atoms with E-state index in [1.165, 1.54) is 0 Å². The van der Waals surface area contributed by atoms with Gasteiger partial charge >= 0.3 is 0 Å². The Morgan fingerprint density at radius 2 is 2.38 bits per heavy atom. The van der Waals surface area contributed by atoms with Gasteiger partial charge in [-0.25, -0.2) is 0 Å². The lowest BCUT2D eigenvalue weighted by Crippen LogP contribution is -2.32. The van der Waals surface area contributed by atoms with E-state index in [2.05, 4.69) is 0 Å². The minimum Gasteiger partial charge on any atom is -0.469 e. The number of carbonyl (C=O) groups is 1. The normalized spacial score (nSPS) is 10.4. The van der Waals surface area contributed by atoms with Gasteiger partial charge in [-0.2, -0.15) is 0 Å². The molecule has 0 aromatic carbocycles. The lowest BCUT2D eigenvalue weighted by molar-refractivity contribution is -0.131. The van der Waals surface area contributed by atoms with Crippen molar-refractivity contribution >= 4 is 5.91 Å². The molecule has 0 fully saturated rings. The average molecular weight is 224 g/mol. The van der Waals surface area contributed by atoms with Gasteiger partial charge in [0, 0.05) is 25.9 Å². The fourth-order valence-electron chi connectivity index (χ4n) is 1.58. The van der Waals surface area contributed by atoms with Gasteiger partial charge in [0.2, 0.25) is 5.91 Å². The summed E-state index contributed by atoms with van der Waals surface area (Å²) in [5, 5.41) is 0. The second-order valence-electron chi connectivity index (χ2n) is 3.69. The fourth-order valence-corrected chi connectivity index (χ4v) is 1.58. The van der Waals surface area contributed by atoms with Crippen LogP contribution in [-0.2, 0) is 11.2 Å². The molecule has 0 aliphatic rings. The quantitative estimate of drug-likeness (QED) is 0.761. The highest BCUT2D eigenvalue weighted by atomic mass is 16.3. The van der Waals surface area contributed by atoms with Crippen molar-refractivity contribution in [3.05, 3.63) is 24.2 Å². The summed E-state index contributed by atoms with van der Waals surface area (Å²) in [4.78, 5) is 13.7. The summed E-state index contributed by atoms with van der Waals surface area (Å²) in [6.45, 7) is 4.12. The standard InChI is InChI=1S/C12H20N2O2/c1-2-14(9-4-8-13)12(15)7-6-11-5-3-10-16-11/h3,5,10H,2,4,6-9,13H2,1H3. The van der Waals surface area contributed by atoms with Crippen LogP contribution in [0.4, 0.5) is 0 Å². The van der Waals surface area contributed by atoms with E-state index in [0.717, 1.165) is 25.3 Å². The van der Waals surface area contributed by atoms with Crippen LogP contribution in [0.2, 0.25) is 0 Å². The average Bonchev–Trinajstić information content (AvgIpc) is 2.80. The van der Waals surface area contributed by atoms with Crippen molar-refractivity contribution in [3.8, 4) is 0 Å². The Kier molecular flexibility index (Phi) is 5.64. The summed E-state index contributed by atoms with van der Waals surface area (Å²) in [6, 6.07) is 3.73. The maximum absolute atomic E-state index is 11.8. The molecule has 1 aromatic heterocycles. The van der Waals surface area contributed by atoms with Crippen LogP contribution in [0.15, 0.2) is 22.8 Å². The van der Waals surface area contributed by atoms with Crippen LogP contribution in [0, 0.1) is 0 Å². The predicted octanol–water partition coefficient (Wildman–Crippen LogP) is 1.41. The van der Waals surface area contributed by atoms with Crippen molar-refractivity contribution in [2.75, 3.05) is 19.6 Å². The highest BCUT2D eigenvalue weighted by Crippen LogP contribution is 2.05. The fraction of sp³-hybridized carbons (Fsp3) is 0.583. The third kappa shape index (κ3) is 4.06. The van der Waals surface area contributed by atoms with Crippen molar-refractivity contribution in [1.82, 2.24) is 4.90 Å². The molecule has 1 aromatic rings. The van der Waals surface area contributed by atoms with E-state index in [0.29, 0.717) is 19.4 Å². The molecule has 0 saturated heterocycles. The molecule has 0 saturated carbocycles. The summed E-state index contributed by atoms with van der Waals surface area (Å²) in [7, 11) is 0. The molecule has 1 heterocycles. The molecule has 2 N–H and O–H groups in total. The molecule has 16 heavy (non-hydrogen) atoms. The summed E-state index contributed by atoms with van der Waals surface area (Å²) in [6.07, 6.45) is 3.67. The molecule has 0 atom stereocenters. The van der Waals surface area contributed by atoms with Crippen LogP contribution in [0.25, 0.3) is 0 Å². The van der Waals surface area contributed by atoms with E-state index >= 15 is 0 Å². The molecule has 0 aliphatic heterocycles. The van der Waals surface area contributed by atoms with Crippen LogP contribution >= 0.6 is 0 Å². The lowest BCUT2D eigenvalue weighted by Gasteiger charge is -2.20. The molecule has 4 nitrogen and oxygen atoms in total. The van der Waals surface area contributed by atoms with Crippen molar-refractivity contribution in [1.29, 1.82) is 0 Å². The van der Waals surface area contributed by atoms with Gasteiger partial charge in [-0.3, -0.25) is 4.79 Å². The van der Waals surface area contributed by atoms with E-state index in [4.69, 9.17) is 10.2 Å². The van der Waals surface area contributed by atoms with Gasteiger partial charge in [0.05, 0.1) is 6.26 Å². The number of hydrogen-bond donors (Lipinski definition) is 1. The number of carbonyl (C=O) groups excluding carboxylic acids is 1. The molecule has 90 valence electrons. The lowest BCUT2D eigenvalue weighted by atomic mass is 10.2. The van der Waals surface area contributed by atoms with Crippen LogP contribution in [0.5, 0.6) is 0 Å². The maximum Gasteiger partial charge on any atom is 0.223 e. The Hall–Kier alpha value is -1.29. The van der Waals surface area contributed by atoms with Crippen LogP contribution in [0.1, 0.15) is 25.5 Å². The molecule has 0 radical (unpaired) electrons. The topological polar surface area (TPSA) is 59.5 Å². The van der Waals surface area contributed by atoms with Crippen LogP contribution in [-0.4, -0.2) is 30.4 Å². The molecular weight excluding hydrogens is 204 g/mol. The Labute approximate surface area is 96.4 Å². The van der Waals surface area contributed by atoms with E-state index in [1.54, 1.807) is 6.26 Å². The molecule has 1 rings (SSSR count). The molecule has 1 amide bonds. The zero-order valence-electron chi connectivity index (χ0n) is 9.82. The predicted molar refractivity (Wildman–Crippen MR) is 63.0 cm³/mol. The molecular formula is C12H20N2O2. The van der Waals surface area contributed by atoms with Gasteiger partial charge in [0.15, 0.2) is 0 Å². The summed E-state index contributed by atoms with van der Waals surface area (Å²) < 4.78 is 5.19. The molecule has 0 spiro atoms. The van der Waals surface area contributed by atoms with Gasteiger partial charge in [-0.05, 0) is 32.0 Å². The Morgan fingerprint density at radius 3 is 2.94 bits per heavy atom. The largest absolute Gasteiger partial charge is 0.469 e. The molecule has 0 aliphatic carbocycles. The first-order valence-corrected chi connectivity index (χ1v) is 5.78. The number of amides is 1. The van der Waals surface area contributed by atoms with Gasteiger partial charge in [-0.15, -0.1) is 0 Å². The van der Waals surface area contributed by atoms with Gasteiger partial charge in [0.25, 0.3) is 0 Å². The Morgan fingerprint density at radius 1 is 1.56 bits per heavy atom. The van der Waals surface area contributed by atoms with Crippen molar-refractivity contribution in [3.63, 3.8) is 0 Å². The number of nitrogens with two attached hydrogens (primary N) is 1. The maximum atomic E-state index is 11.8. The first-order chi connectivity index (χ1) is 7.77. The van der Waals surface area contributed by atoms with Gasteiger partial charge in [-0.1, -0.05) is 0 Å². The number of rotatable bonds is 7. The smallest absolute Gasteiger partial charge is 0.223 e. The van der Waals surface area contributed by atoms with E-state index < -0.39 is 0 Å². The second kappa shape index (κ2) is 7.06. The number of nitrogens with zero attached hydrogens (tertiary/aromatic N) is 1. The van der Waals surface area contributed by atoms with Crippen molar-refractivity contribution < 1.29 is 9.21 Å². The highest BCUT2D eigenvalue weighted by Gasteiger charge is 2.11. The summed E-state index contributed by atoms with van der Waals surface area (Å²) in [5.41, 5.74) is 5.43. The Bertz CT molecular complexity index is 296. The first kappa shape index (κ1) is 12.8. The Balaban J connectivity index is 2.31. The zero-order valence-corrected chi connectivity index (χ0v) is 9.82. The third-order valence-electron chi connectivity index (χ3n) is 2.53. The van der Waals surface area contributed by atoms with Crippen LogP contribution < -0.4 is 5.73 Å². The molecule has 0 bridgehead atoms. The minimum absolute atomic E-state index is 0.173. The second-order valence-corrected chi connectivity index (χ2v) is 3.69. The number of aryl methyl sites for hydroxylation is 1. The first-order valence-electron chi connectivity index (χ1n) is 5.78. The molecule has 0 unspecified atom stereocenters. The summed E-state index contributed by atoms with van der Waals surface area (Å²) in [5.74, 6) is 1.04. The number of hydrogen-bond acceptors (Lipinski definition) is 3. The van der Waals surface area contributed by atoms with E-state index in [1.807, 2.05) is 24.0 Å². The van der Waals surface area contributed by atoms with Crippen molar-refractivity contribution in [2.45, 2.75) is 26.2 Å². The van der Waals surface area contributed by atoms with Crippen LogP contribution in [0.3, 0.4) is 0 Å². The minimum atomic E-state index is 0.173. The van der Waals surface area contributed by atoms with E-state index in [-0.39, 0.29) is 5.91 Å². The zero-order chi connectivity index (χ0) is 11.8.